The zero-order valence-corrected chi connectivity index (χ0v) is 10.8. The highest BCUT2D eigenvalue weighted by Crippen LogP contribution is 2.04. The summed E-state index contributed by atoms with van der Waals surface area (Å²) in [4.78, 5) is 19.5. The molecule has 0 atom stereocenters. The van der Waals surface area contributed by atoms with Gasteiger partial charge in [0, 0.05) is 32.5 Å². The first-order valence-corrected chi connectivity index (χ1v) is 5.95. The molecule has 6 heteroatoms. The van der Waals surface area contributed by atoms with Crippen LogP contribution in [0.5, 0.6) is 6.01 Å². The van der Waals surface area contributed by atoms with Crippen LogP contribution in [0.1, 0.15) is 18.9 Å². The fraction of sp³-hybridized carbons (Fsp3) is 0.583. The molecule has 0 saturated carbocycles. The highest BCUT2D eigenvalue weighted by molar-refractivity contribution is 5.76. The number of nitrogens with zero attached hydrogens (tertiary/aromatic N) is 2. The zero-order chi connectivity index (χ0) is 13.2. The maximum absolute atomic E-state index is 11.4. The van der Waals surface area contributed by atoms with Crippen molar-refractivity contribution in [2.75, 3.05) is 26.9 Å². The molecule has 0 aliphatic rings. The maximum Gasteiger partial charge on any atom is 0.316 e. The van der Waals surface area contributed by atoms with E-state index in [4.69, 9.17) is 9.47 Å². The molecule has 0 fully saturated rings. The zero-order valence-electron chi connectivity index (χ0n) is 10.8. The Morgan fingerprint density at radius 2 is 2.11 bits per heavy atom. The van der Waals surface area contributed by atoms with E-state index in [1.54, 1.807) is 19.5 Å². The topological polar surface area (TPSA) is 73.3 Å². The van der Waals surface area contributed by atoms with Crippen LogP contribution in [0.3, 0.4) is 0 Å². The second-order valence-electron chi connectivity index (χ2n) is 3.65. The van der Waals surface area contributed by atoms with Crippen LogP contribution in [0.4, 0.5) is 0 Å². The molecule has 1 amide bonds. The largest absolute Gasteiger partial charge is 0.464 e. The number of ether oxygens (including phenoxy) is 2. The molecular formula is C12H19N3O3. The summed E-state index contributed by atoms with van der Waals surface area (Å²) in [5.41, 5.74) is 0.917. The van der Waals surface area contributed by atoms with Crippen LogP contribution in [0.2, 0.25) is 0 Å². The Kier molecular flexibility index (Phi) is 6.71. The van der Waals surface area contributed by atoms with Gasteiger partial charge >= 0.3 is 6.01 Å². The van der Waals surface area contributed by atoms with Crippen molar-refractivity contribution in [3.63, 3.8) is 0 Å². The summed E-state index contributed by atoms with van der Waals surface area (Å²) in [6.07, 6.45) is 4.40. The normalized spacial score (nSPS) is 10.1. The van der Waals surface area contributed by atoms with E-state index < -0.39 is 0 Å². The van der Waals surface area contributed by atoms with Crippen LogP contribution < -0.4 is 10.1 Å². The van der Waals surface area contributed by atoms with Gasteiger partial charge in [0.1, 0.15) is 0 Å². The van der Waals surface area contributed by atoms with E-state index in [1.165, 1.54) is 0 Å². The summed E-state index contributed by atoms with van der Waals surface area (Å²) in [5.74, 6) is 0.000865. The fourth-order valence-electron chi connectivity index (χ4n) is 1.31. The van der Waals surface area contributed by atoms with Gasteiger partial charge in [-0.15, -0.1) is 0 Å². The summed E-state index contributed by atoms with van der Waals surface area (Å²) in [7, 11) is 1.60. The minimum atomic E-state index is 0.000865. The standard InChI is InChI=1S/C12H19N3O3/c1-3-18-12-14-8-10(9-15-12)4-5-11(16)13-6-7-17-2/h8-9H,3-7H2,1-2H3,(H,13,16). The summed E-state index contributed by atoms with van der Waals surface area (Å²) in [6, 6.07) is 0.366. The van der Waals surface area contributed by atoms with Gasteiger partial charge in [-0.05, 0) is 18.9 Å². The molecule has 0 saturated heterocycles. The Bertz CT molecular complexity index is 354. The molecule has 0 radical (unpaired) electrons. The van der Waals surface area contributed by atoms with Crippen LogP contribution in [0.25, 0.3) is 0 Å². The van der Waals surface area contributed by atoms with E-state index in [1.807, 2.05) is 6.92 Å². The van der Waals surface area contributed by atoms with E-state index in [2.05, 4.69) is 15.3 Å². The van der Waals surface area contributed by atoms with Gasteiger partial charge in [-0.1, -0.05) is 0 Å². The molecule has 0 unspecified atom stereocenters. The number of carbonyl (C=O) groups is 1. The van der Waals surface area contributed by atoms with Gasteiger partial charge in [0.15, 0.2) is 0 Å². The lowest BCUT2D eigenvalue weighted by Crippen LogP contribution is -2.27. The number of methoxy groups -OCH3 is 1. The maximum atomic E-state index is 11.4. The third-order valence-electron chi connectivity index (χ3n) is 2.22. The number of hydrogen-bond acceptors (Lipinski definition) is 5. The minimum Gasteiger partial charge on any atom is -0.464 e. The van der Waals surface area contributed by atoms with Crippen molar-refractivity contribution in [3.05, 3.63) is 18.0 Å². The fourth-order valence-corrected chi connectivity index (χ4v) is 1.31. The first-order chi connectivity index (χ1) is 8.76. The molecule has 0 aliphatic carbocycles. The third-order valence-corrected chi connectivity index (χ3v) is 2.22. The Hall–Kier alpha value is -1.69. The van der Waals surface area contributed by atoms with Crippen molar-refractivity contribution in [2.24, 2.45) is 0 Å². The predicted octanol–water partition coefficient (Wildman–Crippen LogP) is 0.570. The van der Waals surface area contributed by atoms with Gasteiger partial charge in [0.05, 0.1) is 13.2 Å². The molecule has 1 aromatic rings. The smallest absolute Gasteiger partial charge is 0.316 e. The van der Waals surface area contributed by atoms with Crippen molar-refractivity contribution < 1.29 is 14.3 Å². The van der Waals surface area contributed by atoms with E-state index >= 15 is 0 Å². The molecule has 18 heavy (non-hydrogen) atoms. The Morgan fingerprint density at radius 1 is 1.39 bits per heavy atom. The van der Waals surface area contributed by atoms with Gasteiger partial charge < -0.3 is 14.8 Å². The van der Waals surface area contributed by atoms with E-state index in [-0.39, 0.29) is 5.91 Å². The lowest BCUT2D eigenvalue weighted by atomic mass is 10.2. The van der Waals surface area contributed by atoms with Gasteiger partial charge in [-0.2, -0.15) is 0 Å². The number of aryl methyl sites for hydroxylation is 1. The lowest BCUT2D eigenvalue weighted by molar-refractivity contribution is -0.121. The average molecular weight is 253 g/mol. The van der Waals surface area contributed by atoms with Crippen molar-refractivity contribution >= 4 is 5.91 Å². The molecule has 1 N–H and O–H groups in total. The number of rotatable bonds is 8. The molecule has 0 spiro atoms. The summed E-state index contributed by atoms with van der Waals surface area (Å²) >= 11 is 0. The molecule has 0 bridgehead atoms. The van der Waals surface area contributed by atoms with Gasteiger partial charge in [-0.25, -0.2) is 9.97 Å². The van der Waals surface area contributed by atoms with Crippen LogP contribution in [-0.2, 0) is 16.0 Å². The number of hydrogen-bond donors (Lipinski definition) is 1. The molecular weight excluding hydrogens is 234 g/mol. The molecule has 6 nitrogen and oxygen atoms in total. The number of nitrogens with one attached hydrogen (secondary N) is 1. The van der Waals surface area contributed by atoms with Gasteiger partial charge in [0.25, 0.3) is 0 Å². The Labute approximate surface area is 107 Å². The molecule has 1 heterocycles. The third kappa shape index (κ3) is 5.58. The molecule has 0 aliphatic heterocycles. The monoisotopic (exact) mass is 253 g/mol. The number of amides is 1. The van der Waals surface area contributed by atoms with Crippen LogP contribution in [0, 0.1) is 0 Å². The molecule has 0 aromatic carbocycles. The minimum absolute atomic E-state index is 0.000865. The first-order valence-electron chi connectivity index (χ1n) is 5.95. The lowest BCUT2D eigenvalue weighted by Gasteiger charge is -2.05. The summed E-state index contributed by atoms with van der Waals surface area (Å²) in [6.45, 7) is 3.48. The van der Waals surface area contributed by atoms with Crippen molar-refractivity contribution in [1.29, 1.82) is 0 Å². The van der Waals surface area contributed by atoms with Gasteiger partial charge in [0.2, 0.25) is 5.91 Å². The molecule has 1 aromatic heterocycles. The second kappa shape index (κ2) is 8.41. The van der Waals surface area contributed by atoms with Crippen LogP contribution >= 0.6 is 0 Å². The predicted molar refractivity (Wildman–Crippen MR) is 66.4 cm³/mol. The van der Waals surface area contributed by atoms with Crippen molar-refractivity contribution in [3.8, 4) is 6.01 Å². The van der Waals surface area contributed by atoms with E-state index in [0.29, 0.717) is 38.6 Å². The number of carbonyl (C=O) groups excluding carboxylic acids is 1. The van der Waals surface area contributed by atoms with Crippen molar-refractivity contribution in [1.82, 2.24) is 15.3 Å². The summed E-state index contributed by atoms with van der Waals surface area (Å²) < 4.78 is 9.98. The highest BCUT2D eigenvalue weighted by atomic mass is 16.5. The SMILES string of the molecule is CCOc1ncc(CCC(=O)NCCOC)cn1. The highest BCUT2D eigenvalue weighted by Gasteiger charge is 2.03. The summed E-state index contributed by atoms with van der Waals surface area (Å²) in [5, 5.41) is 2.76. The Morgan fingerprint density at radius 3 is 2.72 bits per heavy atom. The number of aromatic nitrogens is 2. The van der Waals surface area contributed by atoms with Crippen LogP contribution in [-0.4, -0.2) is 42.7 Å². The van der Waals surface area contributed by atoms with Crippen molar-refractivity contribution in [2.45, 2.75) is 19.8 Å². The Balaban J connectivity index is 2.27. The quantitative estimate of drug-likeness (QED) is 0.686. The first kappa shape index (κ1) is 14.4. The molecule has 1 rings (SSSR count). The van der Waals surface area contributed by atoms with E-state index in [9.17, 15) is 4.79 Å². The second-order valence-corrected chi connectivity index (χ2v) is 3.65. The van der Waals surface area contributed by atoms with E-state index in [0.717, 1.165) is 5.56 Å². The average Bonchev–Trinajstić information content (AvgIpc) is 2.39. The van der Waals surface area contributed by atoms with Gasteiger partial charge in [-0.3, -0.25) is 4.79 Å². The molecule has 100 valence electrons. The van der Waals surface area contributed by atoms with Crippen LogP contribution in [0.15, 0.2) is 12.4 Å².